The molecule has 0 fully saturated rings. The number of hydrogen-bond acceptors (Lipinski definition) is 3. The summed E-state index contributed by atoms with van der Waals surface area (Å²) >= 11 is 0. The molecule has 0 unspecified atom stereocenters. The highest BCUT2D eigenvalue weighted by atomic mass is 19.1. The summed E-state index contributed by atoms with van der Waals surface area (Å²) in [6.45, 7) is 1.12. The molecule has 5 heteroatoms. The molecule has 4 nitrogen and oxygen atoms in total. The number of hydrogen-bond donors (Lipinski definition) is 2. The Morgan fingerprint density at radius 2 is 2.07 bits per heavy atom. The molecule has 3 N–H and O–H groups in total. The molecule has 0 aliphatic rings. The van der Waals surface area contributed by atoms with Crippen LogP contribution in [0.3, 0.4) is 0 Å². The van der Waals surface area contributed by atoms with E-state index < -0.39 is 17.5 Å². The van der Waals surface area contributed by atoms with Crippen LogP contribution in [0.25, 0.3) is 0 Å². The molecule has 0 radical (unpaired) electrons. The lowest BCUT2D eigenvalue weighted by molar-refractivity contribution is -0.133. The number of benzene rings is 1. The van der Waals surface area contributed by atoms with Crippen molar-refractivity contribution in [3.8, 4) is 0 Å². The first kappa shape index (κ1) is 10.2. The summed E-state index contributed by atoms with van der Waals surface area (Å²) in [7, 11) is 0. The van der Waals surface area contributed by atoms with Crippen LogP contribution in [0, 0.1) is 5.82 Å². The van der Waals surface area contributed by atoms with Gasteiger partial charge in [0.05, 0.1) is 11.4 Å². The zero-order valence-corrected chi connectivity index (χ0v) is 7.50. The molecule has 1 amide bonds. The van der Waals surface area contributed by atoms with Crippen LogP contribution in [-0.2, 0) is 9.59 Å². The van der Waals surface area contributed by atoms with Crippen molar-refractivity contribution in [2.24, 2.45) is 0 Å². The molecule has 0 atom stereocenters. The highest BCUT2D eigenvalue weighted by Crippen LogP contribution is 2.18. The highest BCUT2D eigenvalue weighted by molar-refractivity contribution is 6.40. The van der Waals surface area contributed by atoms with E-state index in [0.717, 1.165) is 13.0 Å². The molecule has 0 aromatic heterocycles. The molecule has 14 heavy (non-hydrogen) atoms. The lowest BCUT2D eigenvalue weighted by Gasteiger charge is -2.05. The maximum absolute atomic E-state index is 12.7. The number of ketones is 1. The third-order valence-electron chi connectivity index (χ3n) is 1.58. The summed E-state index contributed by atoms with van der Waals surface area (Å²) in [5.41, 5.74) is 5.76. The van der Waals surface area contributed by atoms with E-state index in [0.29, 0.717) is 0 Å². The lowest BCUT2D eigenvalue weighted by Crippen LogP contribution is -2.20. The number of amides is 1. The molecule has 0 bridgehead atoms. The molecule has 1 rings (SSSR count). The smallest absolute Gasteiger partial charge is 0.291 e. The molecule has 0 heterocycles. The Morgan fingerprint density at radius 1 is 1.43 bits per heavy atom. The zero-order chi connectivity index (χ0) is 10.7. The normalized spacial score (nSPS) is 9.57. The van der Waals surface area contributed by atoms with Crippen molar-refractivity contribution in [2.45, 2.75) is 6.92 Å². The van der Waals surface area contributed by atoms with Gasteiger partial charge in [-0.3, -0.25) is 9.59 Å². The van der Waals surface area contributed by atoms with Crippen molar-refractivity contribution in [1.82, 2.24) is 0 Å². The van der Waals surface area contributed by atoms with Crippen LogP contribution in [-0.4, -0.2) is 11.7 Å². The summed E-state index contributed by atoms with van der Waals surface area (Å²) in [5.74, 6) is -2.01. The molecular formula is C9H9FN2O2. The lowest BCUT2D eigenvalue weighted by atomic mass is 10.2. The van der Waals surface area contributed by atoms with Crippen LogP contribution in [0.5, 0.6) is 0 Å². The van der Waals surface area contributed by atoms with Gasteiger partial charge < -0.3 is 11.1 Å². The first-order valence-corrected chi connectivity index (χ1v) is 3.87. The number of carbonyl (C=O) groups is 2. The summed E-state index contributed by atoms with van der Waals surface area (Å²) in [4.78, 5) is 21.5. The van der Waals surface area contributed by atoms with E-state index in [1.54, 1.807) is 0 Å². The average Bonchev–Trinajstić information content (AvgIpc) is 2.11. The standard InChI is InChI=1S/C9H9FN2O2/c1-5(13)9(14)12-8-4-6(10)2-3-7(8)11/h2-4H,11H2,1H3,(H,12,14). The van der Waals surface area contributed by atoms with E-state index >= 15 is 0 Å². The maximum Gasteiger partial charge on any atom is 0.291 e. The van der Waals surface area contributed by atoms with Gasteiger partial charge >= 0.3 is 0 Å². The minimum atomic E-state index is -0.817. The Hall–Kier alpha value is -1.91. The van der Waals surface area contributed by atoms with E-state index in [2.05, 4.69) is 5.32 Å². The summed E-state index contributed by atoms with van der Waals surface area (Å²) < 4.78 is 12.7. The van der Waals surface area contributed by atoms with Gasteiger partial charge in [0.1, 0.15) is 5.82 Å². The van der Waals surface area contributed by atoms with Crippen LogP contribution in [0.2, 0.25) is 0 Å². The molecule has 1 aromatic carbocycles. The fraction of sp³-hybridized carbons (Fsp3) is 0.111. The minimum absolute atomic E-state index is 0.102. The Kier molecular flexibility index (Phi) is 2.81. The molecule has 1 aromatic rings. The van der Waals surface area contributed by atoms with Gasteiger partial charge in [-0.15, -0.1) is 0 Å². The van der Waals surface area contributed by atoms with E-state index in [-0.39, 0.29) is 11.4 Å². The number of halogens is 1. The molecule has 0 aliphatic carbocycles. The van der Waals surface area contributed by atoms with Crippen LogP contribution >= 0.6 is 0 Å². The van der Waals surface area contributed by atoms with E-state index in [4.69, 9.17) is 5.73 Å². The van der Waals surface area contributed by atoms with Crippen molar-refractivity contribution >= 4 is 23.1 Å². The monoisotopic (exact) mass is 196 g/mol. The fourth-order valence-electron chi connectivity index (χ4n) is 0.847. The number of rotatable bonds is 2. The topological polar surface area (TPSA) is 72.2 Å². The molecule has 0 aliphatic heterocycles. The second-order valence-electron chi connectivity index (χ2n) is 2.74. The Bertz CT molecular complexity index is 390. The average molecular weight is 196 g/mol. The van der Waals surface area contributed by atoms with Crippen molar-refractivity contribution in [2.75, 3.05) is 11.1 Å². The van der Waals surface area contributed by atoms with Crippen molar-refractivity contribution in [1.29, 1.82) is 0 Å². The third kappa shape index (κ3) is 2.29. The number of carbonyl (C=O) groups excluding carboxylic acids is 2. The zero-order valence-electron chi connectivity index (χ0n) is 7.50. The summed E-state index contributed by atoms with van der Waals surface area (Å²) in [5, 5.41) is 2.20. The quantitative estimate of drug-likeness (QED) is 0.546. The van der Waals surface area contributed by atoms with Gasteiger partial charge in [-0.05, 0) is 18.2 Å². The largest absolute Gasteiger partial charge is 0.397 e. The number of nitrogens with one attached hydrogen (secondary N) is 1. The number of nitrogens with two attached hydrogens (primary N) is 1. The van der Waals surface area contributed by atoms with Crippen LogP contribution in [0.4, 0.5) is 15.8 Å². The van der Waals surface area contributed by atoms with Gasteiger partial charge in [-0.1, -0.05) is 0 Å². The van der Waals surface area contributed by atoms with Gasteiger partial charge in [0.2, 0.25) is 5.78 Å². The SMILES string of the molecule is CC(=O)C(=O)Nc1cc(F)ccc1N. The molecule has 0 saturated carbocycles. The van der Waals surface area contributed by atoms with Crippen molar-refractivity contribution in [3.05, 3.63) is 24.0 Å². The predicted molar refractivity (Wildman–Crippen MR) is 50.1 cm³/mol. The summed E-state index contributed by atoms with van der Waals surface area (Å²) in [6, 6.07) is 3.53. The minimum Gasteiger partial charge on any atom is -0.397 e. The van der Waals surface area contributed by atoms with Crippen LogP contribution in [0.1, 0.15) is 6.92 Å². The summed E-state index contributed by atoms with van der Waals surface area (Å²) in [6.07, 6.45) is 0. The number of nitrogen functional groups attached to an aromatic ring is 1. The van der Waals surface area contributed by atoms with E-state index in [9.17, 15) is 14.0 Å². The number of anilines is 2. The van der Waals surface area contributed by atoms with Crippen LogP contribution in [0.15, 0.2) is 18.2 Å². The second-order valence-corrected chi connectivity index (χ2v) is 2.74. The Labute approximate surface area is 79.9 Å². The second kappa shape index (κ2) is 3.87. The number of Topliss-reactive ketones (excluding diaryl/α,β-unsaturated/α-hetero) is 1. The third-order valence-corrected chi connectivity index (χ3v) is 1.58. The molecular weight excluding hydrogens is 187 g/mol. The van der Waals surface area contributed by atoms with Crippen molar-refractivity contribution in [3.63, 3.8) is 0 Å². The molecule has 74 valence electrons. The Morgan fingerprint density at radius 3 is 2.64 bits per heavy atom. The van der Waals surface area contributed by atoms with Crippen LogP contribution < -0.4 is 11.1 Å². The van der Waals surface area contributed by atoms with Gasteiger partial charge in [0, 0.05) is 6.92 Å². The van der Waals surface area contributed by atoms with E-state index in [1.165, 1.54) is 12.1 Å². The predicted octanol–water partition coefficient (Wildman–Crippen LogP) is 0.935. The first-order chi connectivity index (χ1) is 6.50. The first-order valence-electron chi connectivity index (χ1n) is 3.87. The Balaban J connectivity index is 2.91. The van der Waals surface area contributed by atoms with Gasteiger partial charge in [0.25, 0.3) is 5.91 Å². The highest BCUT2D eigenvalue weighted by Gasteiger charge is 2.09. The van der Waals surface area contributed by atoms with Gasteiger partial charge in [0.15, 0.2) is 0 Å². The molecule has 0 spiro atoms. The van der Waals surface area contributed by atoms with Gasteiger partial charge in [-0.25, -0.2) is 4.39 Å². The van der Waals surface area contributed by atoms with Gasteiger partial charge in [-0.2, -0.15) is 0 Å². The maximum atomic E-state index is 12.7. The fourth-order valence-corrected chi connectivity index (χ4v) is 0.847. The van der Waals surface area contributed by atoms with Crippen molar-refractivity contribution < 1.29 is 14.0 Å². The van der Waals surface area contributed by atoms with E-state index in [1.807, 2.05) is 0 Å². The molecule has 0 saturated heterocycles.